The number of nitro benzene ring substituents is 1. The van der Waals surface area contributed by atoms with Crippen LogP contribution in [0.25, 0.3) is 0 Å². The first-order valence-corrected chi connectivity index (χ1v) is 7.45. The smallest absolute Gasteiger partial charge is 0.652 e. The van der Waals surface area contributed by atoms with Crippen molar-refractivity contribution >= 4 is 45.3 Å². The van der Waals surface area contributed by atoms with Crippen LogP contribution in [-0.2, 0) is 9.53 Å². The van der Waals surface area contributed by atoms with E-state index in [1.165, 1.54) is 7.11 Å². The zero-order valence-corrected chi connectivity index (χ0v) is 22.6. The molecule has 1 atom stereocenters. The average molecular weight is 509 g/mol. The third kappa shape index (κ3) is 12.6. The minimum absolute atomic E-state index is 0. The summed E-state index contributed by atoms with van der Waals surface area (Å²) < 4.78 is 23.1. The zero-order chi connectivity index (χ0) is 18.9. The van der Waals surface area contributed by atoms with Gasteiger partial charge in [0.05, 0.1) is 23.1 Å². The van der Waals surface area contributed by atoms with Crippen molar-refractivity contribution in [2.75, 3.05) is 12.4 Å². The number of esters is 1. The fourth-order valence-corrected chi connectivity index (χ4v) is 1.97. The summed E-state index contributed by atoms with van der Waals surface area (Å²) in [6, 6.07) is 1.60. The molecule has 1 unspecified atom stereocenters. The Morgan fingerprint density at radius 3 is 2.23 bits per heavy atom. The summed E-state index contributed by atoms with van der Waals surface area (Å²) in [6.45, 7) is 0. The van der Waals surface area contributed by atoms with Gasteiger partial charge in [0.25, 0.3) is 0 Å². The van der Waals surface area contributed by atoms with Crippen LogP contribution in [0.3, 0.4) is 0 Å². The van der Waals surface area contributed by atoms with Gasteiger partial charge in [-0.2, -0.15) is 4.39 Å². The molecule has 0 fully saturated rings. The number of carboxylic acid groups (broad SMARTS) is 2. The first kappa shape index (κ1) is 31.8. The van der Waals surface area contributed by atoms with Gasteiger partial charge in [-0.1, -0.05) is 27.5 Å². The number of nitrogens with zero attached hydrogens (tertiary/aromatic N) is 1. The molecule has 0 heterocycles. The topological polar surface area (TPSA) is 142 Å². The molecule has 1 aromatic carbocycles. The van der Waals surface area contributed by atoms with Crippen LogP contribution in [0.15, 0.2) is 12.1 Å². The van der Waals surface area contributed by atoms with E-state index in [4.69, 9.17) is 31.3 Å². The van der Waals surface area contributed by atoms with Crippen molar-refractivity contribution in [2.45, 2.75) is 12.5 Å². The molecule has 1 rings (SSSR count). The van der Waals surface area contributed by atoms with Gasteiger partial charge in [0, 0.05) is 17.8 Å². The molecule has 26 heavy (non-hydrogen) atoms. The van der Waals surface area contributed by atoms with Crippen LogP contribution in [0.1, 0.15) is 6.42 Å². The second-order valence-corrected chi connectivity index (χ2v) is 5.05. The zero-order valence-electron chi connectivity index (χ0n) is 14.0. The number of methoxy groups -OCH3 is 1. The van der Waals surface area contributed by atoms with Crippen molar-refractivity contribution in [2.24, 2.45) is 0 Å². The third-order valence-corrected chi connectivity index (χ3v) is 3.06. The Bertz CT molecular complexity index is 621. The molecule has 0 saturated carbocycles. The van der Waals surface area contributed by atoms with E-state index in [1.807, 2.05) is 0 Å². The molecule has 134 valence electrons. The Morgan fingerprint density at radius 2 is 1.85 bits per heavy atom. The van der Waals surface area contributed by atoms with Crippen molar-refractivity contribution in [3.8, 4) is 5.75 Å². The van der Waals surface area contributed by atoms with Crippen LogP contribution in [0, 0.1) is 15.9 Å². The molecule has 0 spiro atoms. The third-order valence-electron chi connectivity index (χ3n) is 2.30. The number of rotatable bonds is 6. The number of alkyl halides is 1. The minimum atomic E-state index is -2.33. The van der Waals surface area contributed by atoms with Crippen molar-refractivity contribution in [3.05, 3.63) is 33.1 Å². The maximum Gasteiger partial charge on any atom is 1.00 e. The summed E-state index contributed by atoms with van der Waals surface area (Å²) in [5, 5.41) is 27.6. The minimum Gasteiger partial charge on any atom is -0.652 e. The molecule has 0 aliphatic carbocycles. The van der Waals surface area contributed by atoms with Crippen LogP contribution in [0.4, 0.5) is 14.9 Å². The molecule has 0 radical (unpaired) electrons. The van der Waals surface area contributed by atoms with Crippen LogP contribution in [-0.4, -0.2) is 35.6 Å². The molecule has 0 aliphatic rings. The monoisotopic (exact) mass is 507 g/mol. The average Bonchev–Trinajstić information content (AvgIpc) is 2.47. The van der Waals surface area contributed by atoms with Gasteiger partial charge in [-0.15, -0.1) is 0 Å². The van der Waals surface area contributed by atoms with Crippen LogP contribution >= 0.6 is 27.5 Å². The molecule has 0 aromatic heterocycles. The molecular formula is C12H10BrClFK2NO8. The van der Waals surface area contributed by atoms with Gasteiger partial charge >= 0.3 is 114 Å². The largest absolute Gasteiger partial charge is 1.00 e. The molecule has 9 nitrogen and oxygen atoms in total. The molecule has 0 N–H and O–H groups in total. The normalized spacial score (nSPS) is 10.0. The van der Waals surface area contributed by atoms with Gasteiger partial charge in [-0.05, 0) is 6.16 Å². The summed E-state index contributed by atoms with van der Waals surface area (Å²) in [5.74, 6) is -1.90. The van der Waals surface area contributed by atoms with Crippen molar-refractivity contribution in [3.63, 3.8) is 0 Å². The Labute approximate surface area is 246 Å². The Morgan fingerprint density at radius 1 is 1.35 bits per heavy atom. The fourth-order valence-electron chi connectivity index (χ4n) is 1.36. The number of carbonyl (C=O) groups excluding carboxylic acids is 2. The number of hydrogen-bond donors (Lipinski definition) is 0. The molecule has 1 aromatic rings. The molecular weight excluding hydrogens is 499 g/mol. The van der Waals surface area contributed by atoms with Crippen LogP contribution in [0.5, 0.6) is 5.75 Å². The quantitative estimate of drug-likeness (QED) is 0.122. The van der Waals surface area contributed by atoms with Gasteiger partial charge in [0.15, 0.2) is 6.10 Å². The molecule has 14 heteroatoms. The molecule has 0 aliphatic heterocycles. The first-order chi connectivity index (χ1) is 11.1. The maximum atomic E-state index is 13.3. The second-order valence-electron chi connectivity index (χ2n) is 3.85. The van der Waals surface area contributed by atoms with E-state index in [1.54, 1.807) is 0 Å². The van der Waals surface area contributed by atoms with E-state index in [0.717, 1.165) is 12.1 Å². The summed E-state index contributed by atoms with van der Waals surface area (Å²) in [4.78, 5) is 29.6. The standard InChI is InChI=1S/C11H10BrClFNO5.CH2O3.2K/c1-19-11(16)9(2-3-12)20-10-5-8(15(17)18)7(14)4-6(10)13;2-1(3)4;;/h4-5,9H,2-3H2,1H3;(H2,2,3,4);;/q;;2*+1/p-2. The summed E-state index contributed by atoms with van der Waals surface area (Å²) in [7, 11) is 1.18. The number of ether oxygens (including phenoxy) is 2. The number of nitro groups is 1. The Kier molecular flexibility index (Phi) is 20.8. The number of hydrogen-bond acceptors (Lipinski definition) is 8. The Hall–Kier alpha value is 1.13. The first-order valence-electron chi connectivity index (χ1n) is 5.95. The van der Waals surface area contributed by atoms with E-state index in [9.17, 15) is 19.3 Å². The van der Waals surface area contributed by atoms with Crippen LogP contribution < -0.4 is 118 Å². The van der Waals surface area contributed by atoms with Crippen molar-refractivity contribution in [1.29, 1.82) is 0 Å². The van der Waals surface area contributed by atoms with E-state index < -0.39 is 34.7 Å². The summed E-state index contributed by atoms with van der Waals surface area (Å²) in [5.41, 5.74) is -0.785. The van der Waals surface area contributed by atoms with E-state index in [2.05, 4.69) is 20.7 Å². The van der Waals surface area contributed by atoms with Crippen molar-refractivity contribution < 1.29 is 141 Å². The Balaban J connectivity index is -0.000000798. The maximum absolute atomic E-state index is 13.3. The van der Waals surface area contributed by atoms with E-state index >= 15 is 0 Å². The predicted molar refractivity (Wildman–Crippen MR) is 78.3 cm³/mol. The van der Waals surface area contributed by atoms with Gasteiger partial charge in [-0.3, -0.25) is 10.1 Å². The molecule has 0 saturated heterocycles. The van der Waals surface area contributed by atoms with Crippen molar-refractivity contribution in [1.82, 2.24) is 0 Å². The van der Waals surface area contributed by atoms with Gasteiger partial charge in [-0.25, -0.2) is 4.79 Å². The molecule has 0 bridgehead atoms. The number of benzene rings is 1. The summed E-state index contributed by atoms with van der Waals surface area (Å²) >= 11 is 8.89. The SMILES string of the molecule is COC(=O)C(CCBr)Oc1cc([N+](=O)[O-])c(F)cc1Cl.O=C([O-])[O-].[K+].[K+]. The van der Waals surface area contributed by atoms with Gasteiger partial charge in [0.2, 0.25) is 5.82 Å². The summed E-state index contributed by atoms with van der Waals surface area (Å²) in [6.07, 6.45) is -3.07. The van der Waals surface area contributed by atoms with Crippen LogP contribution in [0.2, 0.25) is 5.02 Å². The predicted octanol–water partition coefficient (Wildman–Crippen LogP) is -5.35. The van der Waals surface area contributed by atoms with Gasteiger partial charge in [0.1, 0.15) is 5.75 Å². The fraction of sp³-hybridized carbons (Fsp3) is 0.333. The number of carbonyl (C=O) groups is 2. The molecule has 0 amide bonds. The number of halogens is 3. The van der Waals surface area contributed by atoms with Gasteiger partial charge < -0.3 is 24.5 Å². The second kappa shape index (κ2) is 17.0. The van der Waals surface area contributed by atoms with E-state index in [0.29, 0.717) is 5.33 Å². The van der Waals surface area contributed by atoms with E-state index in [-0.39, 0.29) is 120 Å².